The highest BCUT2D eigenvalue weighted by Gasteiger charge is 2.12. The second kappa shape index (κ2) is 5.64. The molecule has 5 heteroatoms. The van der Waals surface area contributed by atoms with E-state index >= 15 is 0 Å². The van der Waals surface area contributed by atoms with Gasteiger partial charge in [-0.25, -0.2) is 0 Å². The Morgan fingerprint density at radius 2 is 2.17 bits per heavy atom. The van der Waals surface area contributed by atoms with E-state index in [1.165, 1.54) is 10.9 Å². The largest absolute Gasteiger partial charge is 0.340 e. The molecule has 0 radical (unpaired) electrons. The van der Waals surface area contributed by atoms with Gasteiger partial charge in [0.15, 0.2) is 0 Å². The average molecular weight is 262 g/mol. The van der Waals surface area contributed by atoms with Gasteiger partial charge in [-0.1, -0.05) is 12.1 Å². The van der Waals surface area contributed by atoms with Gasteiger partial charge in [-0.05, 0) is 23.9 Å². The Hall–Kier alpha value is -1.88. The molecule has 0 unspecified atom stereocenters. The summed E-state index contributed by atoms with van der Waals surface area (Å²) >= 11 is 1.68. The van der Waals surface area contributed by atoms with Crippen LogP contribution in [-0.4, -0.2) is 29.4 Å². The van der Waals surface area contributed by atoms with Crippen LogP contribution in [0.25, 0.3) is 0 Å². The monoisotopic (exact) mass is 262 g/mol. The second-order valence-electron chi connectivity index (χ2n) is 3.98. The number of pyridine rings is 1. The lowest BCUT2D eigenvalue weighted by Gasteiger charge is -2.16. The third-order valence-electron chi connectivity index (χ3n) is 2.62. The Labute approximate surface area is 109 Å². The minimum atomic E-state index is -0.257. The number of aromatic nitrogens is 1. The van der Waals surface area contributed by atoms with Crippen molar-refractivity contribution in [1.29, 1.82) is 0 Å². The van der Waals surface area contributed by atoms with Crippen molar-refractivity contribution in [2.24, 2.45) is 0 Å². The van der Waals surface area contributed by atoms with Crippen LogP contribution in [0.4, 0.5) is 0 Å². The summed E-state index contributed by atoms with van der Waals surface area (Å²) in [5.41, 5.74) is 0.0729. The summed E-state index contributed by atoms with van der Waals surface area (Å²) in [7, 11) is 1.74. The Balaban J connectivity index is 1.98. The molecule has 1 amide bonds. The van der Waals surface area contributed by atoms with Crippen LogP contribution in [0.15, 0.2) is 40.5 Å². The van der Waals surface area contributed by atoms with E-state index in [-0.39, 0.29) is 11.5 Å². The molecule has 0 saturated heterocycles. The predicted octanol–water partition coefficient (Wildman–Crippen LogP) is 1.75. The van der Waals surface area contributed by atoms with Gasteiger partial charge in [-0.3, -0.25) is 9.59 Å². The number of amides is 1. The van der Waals surface area contributed by atoms with Gasteiger partial charge in [0, 0.05) is 24.5 Å². The number of aromatic amines is 1. The van der Waals surface area contributed by atoms with Gasteiger partial charge < -0.3 is 9.88 Å². The first-order valence-corrected chi connectivity index (χ1v) is 6.52. The maximum absolute atomic E-state index is 12.0. The normalized spacial score (nSPS) is 10.3. The van der Waals surface area contributed by atoms with Crippen LogP contribution >= 0.6 is 11.3 Å². The van der Waals surface area contributed by atoms with Crippen molar-refractivity contribution < 1.29 is 4.79 Å². The average Bonchev–Trinajstić information content (AvgIpc) is 2.88. The SMILES string of the molecule is CN(CCc1cccs1)C(=O)c1cccc(=O)[nH]1. The number of thiophene rings is 1. The van der Waals surface area contributed by atoms with E-state index in [1.807, 2.05) is 17.5 Å². The first kappa shape index (κ1) is 12.6. The van der Waals surface area contributed by atoms with Crippen LogP contribution in [0.3, 0.4) is 0 Å². The lowest BCUT2D eigenvalue weighted by molar-refractivity contribution is 0.0791. The van der Waals surface area contributed by atoms with Crippen LogP contribution in [0.1, 0.15) is 15.4 Å². The van der Waals surface area contributed by atoms with E-state index in [0.29, 0.717) is 12.2 Å². The van der Waals surface area contributed by atoms with Crippen LogP contribution in [0.2, 0.25) is 0 Å². The lowest BCUT2D eigenvalue weighted by Crippen LogP contribution is -2.30. The molecule has 0 fully saturated rings. The van der Waals surface area contributed by atoms with Gasteiger partial charge in [0.25, 0.3) is 5.91 Å². The maximum Gasteiger partial charge on any atom is 0.270 e. The summed E-state index contributed by atoms with van der Waals surface area (Å²) in [5, 5.41) is 2.02. The summed E-state index contributed by atoms with van der Waals surface area (Å²) in [6, 6.07) is 8.64. The van der Waals surface area contributed by atoms with Crippen LogP contribution in [0, 0.1) is 0 Å². The second-order valence-corrected chi connectivity index (χ2v) is 5.02. The van der Waals surface area contributed by atoms with Gasteiger partial charge in [-0.15, -0.1) is 11.3 Å². The summed E-state index contributed by atoms with van der Waals surface area (Å²) in [6.45, 7) is 0.635. The molecule has 2 aromatic heterocycles. The summed E-state index contributed by atoms with van der Waals surface area (Å²) in [6.07, 6.45) is 0.830. The zero-order chi connectivity index (χ0) is 13.0. The molecule has 0 aliphatic rings. The standard InChI is InChI=1S/C13H14N2O2S/c1-15(8-7-10-4-3-9-18-10)13(17)11-5-2-6-12(16)14-11/h2-6,9H,7-8H2,1H3,(H,14,16). The number of carbonyl (C=O) groups is 1. The molecule has 2 aromatic rings. The Kier molecular flexibility index (Phi) is 3.94. The van der Waals surface area contributed by atoms with Gasteiger partial charge in [-0.2, -0.15) is 0 Å². The van der Waals surface area contributed by atoms with E-state index in [0.717, 1.165) is 6.42 Å². The number of likely N-dealkylation sites (N-methyl/N-ethyl adjacent to an activating group) is 1. The fourth-order valence-electron chi connectivity index (χ4n) is 1.61. The molecule has 0 spiro atoms. The van der Waals surface area contributed by atoms with Gasteiger partial charge in [0.1, 0.15) is 5.69 Å². The fraction of sp³-hybridized carbons (Fsp3) is 0.231. The molecule has 18 heavy (non-hydrogen) atoms. The van der Waals surface area contributed by atoms with Gasteiger partial charge in [0.05, 0.1) is 0 Å². The zero-order valence-electron chi connectivity index (χ0n) is 10.1. The topological polar surface area (TPSA) is 53.2 Å². The van der Waals surface area contributed by atoms with Crippen molar-refractivity contribution in [3.05, 3.63) is 56.6 Å². The van der Waals surface area contributed by atoms with E-state index < -0.39 is 0 Å². The number of hydrogen-bond acceptors (Lipinski definition) is 3. The molecule has 2 heterocycles. The van der Waals surface area contributed by atoms with E-state index in [2.05, 4.69) is 4.98 Å². The highest BCUT2D eigenvalue weighted by Crippen LogP contribution is 2.10. The first-order chi connectivity index (χ1) is 8.66. The number of nitrogens with zero attached hydrogens (tertiary/aromatic N) is 1. The van der Waals surface area contributed by atoms with Gasteiger partial charge in [0.2, 0.25) is 5.56 Å². The third kappa shape index (κ3) is 3.07. The van der Waals surface area contributed by atoms with Crippen LogP contribution in [0.5, 0.6) is 0 Å². The smallest absolute Gasteiger partial charge is 0.270 e. The van der Waals surface area contributed by atoms with Crippen LogP contribution < -0.4 is 5.56 Å². The molecule has 0 aromatic carbocycles. The Morgan fingerprint density at radius 3 is 2.83 bits per heavy atom. The first-order valence-electron chi connectivity index (χ1n) is 5.64. The van der Waals surface area contributed by atoms with Crippen molar-refractivity contribution in [3.63, 3.8) is 0 Å². The lowest BCUT2D eigenvalue weighted by atomic mass is 10.3. The molecule has 0 saturated carbocycles. The molecule has 4 nitrogen and oxygen atoms in total. The van der Waals surface area contributed by atoms with Crippen molar-refractivity contribution in [1.82, 2.24) is 9.88 Å². The number of H-pyrrole nitrogens is 1. The molecule has 2 rings (SSSR count). The maximum atomic E-state index is 12.0. The summed E-state index contributed by atoms with van der Waals surface area (Å²) in [4.78, 5) is 28.6. The van der Waals surface area contributed by atoms with Crippen molar-refractivity contribution >= 4 is 17.2 Å². The Morgan fingerprint density at radius 1 is 1.33 bits per heavy atom. The van der Waals surface area contributed by atoms with E-state index in [4.69, 9.17) is 0 Å². The summed E-state index contributed by atoms with van der Waals surface area (Å²) < 4.78 is 0. The quantitative estimate of drug-likeness (QED) is 0.912. The van der Waals surface area contributed by atoms with Crippen LogP contribution in [-0.2, 0) is 6.42 Å². The molecule has 0 bridgehead atoms. The molecule has 0 atom stereocenters. The number of carbonyl (C=O) groups excluding carboxylic acids is 1. The highest BCUT2D eigenvalue weighted by molar-refractivity contribution is 7.09. The molecule has 1 N–H and O–H groups in total. The molecule has 0 aliphatic carbocycles. The predicted molar refractivity (Wildman–Crippen MR) is 72.0 cm³/mol. The van der Waals surface area contributed by atoms with Crippen molar-refractivity contribution in [2.75, 3.05) is 13.6 Å². The molecule has 94 valence electrons. The van der Waals surface area contributed by atoms with Gasteiger partial charge >= 0.3 is 0 Å². The number of rotatable bonds is 4. The molecular weight excluding hydrogens is 248 g/mol. The molecule has 0 aliphatic heterocycles. The minimum Gasteiger partial charge on any atom is -0.340 e. The minimum absolute atomic E-state index is 0.163. The third-order valence-corrected chi connectivity index (χ3v) is 3.56. The van der Waals surface area contributed by atoms with E-state index in [9.17, 15) is 9.59 Å². The van der Waals surface area contributed by atoms with E-state index in [1.54, 1.807) is 35.4 Å². The number of nitrogens with one attached hydrogen (secondary N) is 1. The highest BCUT2D eigenvalue weighted by atomic mass is 32.1. The molecular formula is C13H14N2O2S. The van der Waals surface area contributed by atoms with Crippen molar-refractivity contribution in [3.8, 4) is 0 Å². The zero-order valence-corrected chi connectivity index (χ0v) is 10.9. The van der Waals surface area contributed by atoms with Crippen molar-refractivity contribution in [2.45, 2.75) is 6.42 Å². The number of hydrogen-bond donors (Lipinski definition) is 1. The Bertz CT molecular complexity index is 575. The summed E-state index contributed by atoms with van der Waals surface area (Å²) in [5.74, 6) is -0.163. The fourth-order valence-corrected chi connectivity index (χ4v) is 2.31.